The van der Waals surface area contributed by atoms with Gasteiger partial charge in [-0.15, -0.1) is 0 Å². The molecule has 1 aliphatic carbocycles. The van der Waals surface area contributed by atoms with Crippen molar-refractivity contribution < 1.29 is 18.0 Å². The fourth-order valence-electron chi connectivity index (χ4n) is 2.09. The zero-order chi connectivity index (χ0) is 14.0. The standard InChI is InChI=1S/C14H14F3NO/c1-2-10-5-9(3-4-12(10)15)6-13(19)18-11-7-14(16,17)8-11/h2-5,11H,1,6-8H2,(H,18,19). The predicted molar refractivity (Wildman–Crippen MR) is 66.3 cm³/mol. The molecule has 0 unspecified atom stereocenters. The first kappa shape index (κ1) is 13.6. The molecule has 0 bridgehead atoms. The van der Waals surface area contributed by atoms with Gasteiger partial charge in [0.2, 0.25) is 5.91 Å². The van der Waals surface area contributed by atoms with Crippen LogP contribution in [0.3, 0.4) is 0 Å². The van der Waals surface area contributed by atoms with E-state index in [-0.39, 0.29) is 25.2 Å². The Labute approximate surface area is 109 Å². The van der Waals surface area contributed by atoms with Crippen molar-refractivity contribution in [1.82, 2.24) is 5.32 Å². The summed E-state index contributed by atoms with van der Waals surface area (Å²) in [4.78, 5) is 11.6. The molecule has 0 atom stereocenters. The van der Waals surface area contributed by atoms with Crippen molar-refractivity contribution in [2.45, 2.75) is 31.2 Å². The first-order valence-electron chi connectivity index (χ1n) is 5.98. The molecule has 0 heterocycles. The fourth-order valence-corrected chi connectivity index (χ4v) is 2.09. The Morgan fingerprint density at radius 2 is 2.16 bits per heavy atom. The lowest BCUT2D eigenvalue weighted by molar-refractivity contribution is -0.128. The lowest BCUT2D eigenvalue weighted by Gasteiger charge is -2.35. The van der Waals surface area contributed by atoms with Crippen LogP contribution in [0.5, 0.6) is 0 Å². The Kier molecular flexibility index (Phi) is 3.64. The highest BCUT2D eigenvalue weighted by Gasteiger charge is 2.45. The van der Waals surface area contributed by atoms with Crippen molar-refractivity contribution in [3.63, 3.8) is 0 Å². The second kappa shape index (κ2) is 5.07. The summed E-state index contributed by atoms with van der Waals surface area (Å²) in [5.41, 5.74) is 0.945. The minimum Gasteiger partial charge on any atom is -0.353 e. The quantitative estimate of drug-likeness (QED) is 0.894. The fraction of sp³-hybridized carbons (Fsp3) is 0.357. The zero-order valence-corrected chi connectivity index (χ0v) is 10.3. The van der Waals surface area contributed by atoms with Gasteiger partial charge in [0.05, 0.1) is 6.42 Å². The number of carbonyl (C=O) groups is 1. The average Bonchev–Trinajstić information content (AvgIpc) is 2.29. The van der Waals surface area contributed by atoms with Gasteiger partial charge < -0.3 is 5.32 Å². The number of halogens is 3. The topological polar surface area (TPSA) is 29.1 Å². The van der Waals surface area contributed by atoms with Crippen LogP contribution in [0.4, 0.5) is 13.2 Å². The first-order valence-corrected chi connectivity index (χ1v) is 5.98. The maximum absolute atomic E-state index is 13.2. The first-order chi connectivity index (χ1) is 8.89. The van der Waals surface area contributed by atoms with E-state index in [1.54, 1.807) is 0 Å². The smallest absolute Gasteiger partial charge is 0.252 e. The number of alkyl halides is 2. The average molecular weight is 269 g/mol. The number of carbonyl (C=O) groups excluding carboxylic acids is 1. The van der Waals surface area contributed by atoms with E-state index in [4.69, 9.17) is 0 Å². The SMILES string of the molecule is C=Cc1cc(CC(=O)NC2CC(F)(F)C2)ccc1F. The highest BCUT2D eigenvalue weighted by Crippen LogP contribution is 2.37. The van der Waals surface area contributed by atoms with Crippen LogP contribution in [-0.2, 0) is 11.2 Å². The van der Waals surface area contributed by atoms with Gasteiger partial charge in [0.1, 0.15) is 5.82 Å². The van der Waals surface area contributed by atoms with E-state index in [1.165, 1.54) is 24.3 Å². The summed E-state index contributed by atoms with van der Waals surface area (Å²) in [6.07, 6.45) is 0.798. The lowest BCUT2D eigenvalue weighted by Crippen LogP contribution is -2.50. The summed E-state index contributed by atoms with van der Waals surface area (Å²) in [6.45, 7) is 3.47. The zero-order valence-electron chi connectivity index (χ0n) is 10.3. The van der Waals surface area contributed by atoms with Crippen LogP contribution >= 0.6 is 0 Å². The number of nitrogens with one attached hydrogen (secondary N) is 1. The third-order valence-electron chi connectivity index (χ3n) is 3.10. The summed E-state index contributed by atoms with van der Waals surface area (Å²) >= 11 is 0. The highest BCUT2D eigenvalue weighted by atomic mass is 19.3. The summed E-state index contributed by atoms with van der Waals surface area (Å²) in [6, 6.07) is 3.83. The Hall–Kier alpha value is -1.78. The molecule has 1 N–H and O–H groups in total. The van der Waals surface area contributed by atoms with E-state index in [1.807, 2.05) is 0 Å². The molecule has 2 rings (SSSR count). The molecule has 0 saturated heterocycles. The molecule has 1 aromatic carbocycles. The number of rotatable bonds is 4. The molecule has 0 radical (unpaired) electrons. The van der Waals surface area contributed by atoms with Crippen molar-refractivity contribution in [3.05, 3.63) is 41.7 Å². The van der Waals surface area contributed by atoms with Gasteiger partial charge in [0.15, 0.2) is 0 Å². The minimum absolute atomic E-state index is 0.0448. The van der Waals surface area contributed by atoms with Crippen molar-refractivity contribution in [1.29, 1.82) is 0 Å². The lowest BCUT2D eigenvalue weighted by atomic mass is 9.88. The van der Waals surface area contributed by atoms with Gasteiger partial charge in [-0.3, -0.25) is 4.79 Å². The van der Waals surface area contributed by atoms with Crippen molar-refractivity contribution >= 4 is 12.0 Å². The molecule has 1 aromatic rings. The Morgan fingerprint density at radius 1 is 1.47 bits per heavy atom. The molecular weight excluding hydrogens is 255 g/mol. The number of hydrogen-bond acceptors (Lipinski definition) is 1. The van der Waals surface area contributed by atoms with Crippen LogP contribution < -0.4 is 5.32 Å². The van der Waals surface area contributed by atoms with Gasteiger partial charge in [-0.2, -0.15) is 0 Å². The monoisotopic (exact) mass is 269 g/mol. The van der Waals surface area contributed by atoms with E-state index in [0.717, 1.165) is 0 Å². The summed E-state index contributed by atoms with van der Waals surface area (Å²) < 4.78 is 38.4. The van der Waals surface area contributed by atoms with Crippen LogP contribution in [0.1, 0.15) is 24.0 Å². The molecule has 1 saturated carbocycles. The molecule has 0 spiro atoms. The Balaban J connectivity index is 1.90. The maximum atomic E-state index is 13.2. The van der Waals surface area contributed by atoms with Crippen LogP contribution in [-0.4, -0.2) is 17.9 Å². The number of benzene rings is 1. The molecule has 19 heavy (non-hydrogen) atoms. The molecular formula is C14H14F3NO. The molecule has 102 valence electrons. The summed E-state index contributed by atoms with van der Waals surface area (Å²) in [5, 5.41) is 2.53. The van der Waals surface area contributed by atoms with Gasteiger partial charge in [-0.1, -0.05) is 18.7 Å². The third kappa shape index (κ3) is 3.36. The van der Waals surface area contributed by atoms with Crippen LogP contribution in [0.25, 0.3) is 6.08 Å². The van der Waals surface area contributed by atoms with Gasteiger partial charge >= 0.3 is 0 Å². The predicted octanol–water partition coefficient (Wildman–Crippen LogP) is 2.93. The van der Waals surface area contributed by atoms with Crippen LogP contribution in [0.2, 0.25) is 0 Å². The molecule has 1 amide bonds. The molecule has 0 aromatic heterocycles. The molecule has 2 nitrogen and oxygen atoms in total. The normalized spacial score (nSPS) is 17.6. The van der Waals surface area contributed by atoms with E-state index >= 15 is 0 Å². The number of hydrogen-bond donors (Lipinski definition) is 1. The van der Waals surface area contributed by atoms with Gasteiger partial charge in [0.25, 0.3) is 5.92 Å². The third-order valence-corrected chi connectivity index (χ3v) is 3.10. The van der Waals surface area contributed by atoms with Gasteiger partial charge in [-0.25, -0.2) is 13.2 Å². The van der Waals surface area contributed by atoms with E-state index in [0.29, 0.717) is 11.1 Å². The Morgan fingerprint density at radius 3 is 2.74 bits per heavy atom. The van der Waals surface area contributed by atoms with Gasteiger partial charge in [-0.05, 0) is 17.7 Å². The molecule has 0 aliphatic heterocycles. The molecule has 1 fully saturated rings. The summed E-state index contributed by atoms with van der Waals surface area (Å²) in [7, 11) is 0. The van der Waals surface area contributed by atoms with Gasteiger partial charge in [0, 0.05) is 24.4 Å². The highest BCUT2D eigenvalue weighted by molar-refractivity contribution is 5.79. The van der Waals surface area contributed by atoms with E-state index in [9.17, 15) is 18.0 Å². The second-order valence-electron chi connectivity index (χ2n) is 4.77. The van der Waals surface area contributed by atoms with E-state index in [2.05, 4.69) is 11.9 Å². The van der Waals surface area contributed by atoms with Crippen molar-refractivity contribution in [2.75, 3.05) is 0 Å². The number of amides is 1. The second-order valence-corrected chi connectivity index (χ2v) is 4.77. The van der Waals surface area contributed by atoms with Crippen LogP contribution in [0, 0.1) is 5.82 Å². The summed E-state index contributed by atoms with van der Waals surface area (Å²) in [5.74, 6) is -3.39. The van der Waals surface area contributed by atoms with E-state index < -0.39 is 17.8 Å². The Bertz CT molecular complexity index is 505. The minimum atomic E-state index is -2.65. The molecule has 5 heteroatoms. The molecule has 1 aliphatic rings. The van der Waals surface area contributed by atoms with Crippen molar-refractivity contribution in [2.24, 2.45) is 0 Å². The van der Waals surface area contributed by atoms with Crippen LogP contribution in [0.15, 0.2) is 24.8 Å². The van der Waals surface area contributed by atoms with Crippen molar-refractivity contribution in [3.8, 4) is 0 Å². The largest absolute Gasteiger partial charge is 0.353 e. The maximum Gasteiger partial charge on any atom is 0.252 e.